The molecule has 1 amide bonds. The molecule has 6 heteroatoms. The lowest BCUT2D eigenvalue weighted by atomic mass is 10.3. The molecule has 1 fully saturated rings. The number of carbonyl (C=O) groups excluding carboxylic acids is 1. The van der Waals surface area contributed by atoms with Crippen molar-refractivity contribution in [1.82, 2.24) is 14.7 Å². The number of rotatable bonds is 2. The molecule has 1 aromatic rings. The largest absolute Gasteiger partial charge is 0.448 e. The summed E-state index contributed by atoms with van der Waals surface area (Å²) in [7, 11) is 1.87. The Kier molecular flexibility index (Phi) is 2.68. The fourth-order valence-electron chi connectivity index (χ4n) is 1.60. The molecule has 1 saturated heterocycles. The third-order valence-corrected chi connectivity index (χ3v) is 3.48. The maximum atomic E-state index is 11.3. The molecule has 1 aliphatic heterocycles. The molecule has 15 heavy (non-hydrogen) atoms. The topological polar surface area (TPSA) is 47.4 Å². The molecular formula is C9H12BrN3O2. The monoisotopic (exact) mass is 273 g/mol. The minimum absolute atomic E-state index is 0.249. The van der Waals surface area contributed by atoms with Crippen molar-refractivity contribution in [3.8, 4) is 0 Å². The maximum absolute atomic E-state index is 11.3. The Hall–Kier alpha value is -1.04. The van der Waals surface area contributed by atoms with Crippen LogP contribution in [0.2, 0.25) is 0 Å². The first kappa shape index (κ1) is 10.5. The minimum Gasteiger partial charge on any atom is -0.448 e. The van der Waals surface area contributed by atoms with Gasteiger partial charge in [-0.05, 0) is 22.9 Å². The van der Waals surface area contributed by atoms with Crippen molar-refractivity contribution >= 4 is 22.0 Å². The molecule has 2 heterocycles. The van der Waals surface area contributed by atoms with Gasteiger partial charge in [0.15, 0.2) is 0 Å². The SMILES string of the molecule is Cc1nn(C)c(CN2CCOC2=O)c1Br. The number of aryl methyl sites for hydroxylation is 2. The van der Waals surface area contributed by atoms with E-state index in [-0.39, 0.29) is 6.09 Å². The van der Waals surface area contributed by atoms with E-state index in [0.717, 1.165) is 15.9 Å². The van der Waals surface area contributed by atoms with Crippen LogP contribution in [0.25, 0.3) is 0 Å². The number of halogens is 1. The van der Waals surface area contributed by atoms with Gasteiger partial charge < -0.3 is 4.74 Å². The van der Waals surface area contributed by atoms with Gasteiger partial charge in [0.2, 0.25) is 0 Å². The van der Waals surface area contributed by atoms with Gasteiger partial charge in [0.05, 0.1) is 29.0 Å². The molecule has 0 bridgehead atoms. The van der Waals surface area contributed by atoms with Crippen molar-refractivity contribution in [3.05, 3.63) is 15.9 Å². The highest BCUT2D eigenvalue weighted by atomic mass is 79.9. The van der Waals surface area contributed by atoms with Crippen LogP contribution in [-0.2, 0) is 18.3 Å². The normalized spacial score (nSPS) is 15.9. The molecule has 1 aliphatic rings. The van der Waals surface area contributed by atoms with Gasteiger partial charge in [0.1, 0.15) is 6.61 Å². The summed E-state index contributed by atoms with van der Waals surface area (Å²) in [6, 6.07) is 0. The Labute approximate surface area is 96.1 Å². The summed E-state index contributed by atoms with van der Waals surface area (Å²) in [6.07, 6.45) is -0.249. The summed E-state index contributed by atoms with van der Waals surface area (Å²) in [6.45, 7) is 3.59. The molecule has 0 aliphatic carbocycles. The highest BCUT2D eigenvalue weighted by molar-refractivity contribution is 9.10. The van der Waals surface area contributed by atoms with Gasteiger partial charge >= 0.3 is 6.09 Å². The predicted octanol–water partition coefficient (Wildman–Crippen LogP) is 1.44. The van der Waals surface area contributed by atoms with E-state index in [1.165, 1.54) is 0 Å². The molecule has 1 aromatic heterocycles. The van der Waals surface area contributed by atoms with Gasteiger partial charge in [-0.15, -0.1) is 0 Å². The van der Waals surface area contributed by atoms with E-state index < -0.39 is 0 Å². The van der Waals surface area contributed by atoms with Crippen molar-refractivity contribution in [3.63, 3.8) is 0 Å². The Morgan fingerprint density at radius 1 is 1.60 bits per heavy atom. The second kappa shape index (κ2) is 3.84. The van der Waals surface area contributed by atoms with Crippen LogP contribution in [0.4, 0.5) is 4.79 Å². The van der Waals surface area contributed by atoms with Crippen LogP contribution in [0.15, 0.2) is 4.47 Å². The van der Waals surface area contributed by atoms with Crippen LogP contribution in [-0.4, -0.2) is 33.9 Å². The van der Waals surface area contributed by atoms with E-state index in [4.69, 9.17) is 4.74 Å². The van der Waals surface area contributed by atoms with E-state index in [1.54, 1.807) is 9.58 Å². The van der Waals surface area contributed by atoms with Gasteiger partial charge in [-0.25, -0.2) is 4.79 Å². The molecule has 82 valence electrons. The summed E-state index contributed by atoms with van der Waals surface area (Å²) in [4.78, 5) is 12.9. The molecule has 0 aromatic carbocycles. The zero-order chi connectivity index (χ0) is 11.0. The Morgan fingerprint density at radius 2 is 2.33 bits per heavy atom. The highest BCUT2D eigenvalue weighted by Gasteiger charge is 2.24. The fraction of sp³-hybridized carbons (Fsp3) is 0.556. The van der Waals surface area contributed by atoms with Crippen molar-refractivity contribution < 1.29 is 9.53 Å². The minimum atomic E-state index is -0.249. The molecule has 0 spiro atoms. The van der Waals surface area contributed by atoms with Crippen LogP contribution < -0.4 is 0 Å². The first-order valence-corrected chi connectivity index (χ1v) is 5.48. The number of carbonyl (C=O) groups is 1. The molecule has 0 atom stereocenters. The summed E-state index contributed by atoms with van der Waals surface area (Å²) in [5, 5.41) is 4.27. The highest BCUT2D eigenvalue weighted by Crippen LogP contribution is 2.22. The summed E-state index contributed by atoms with van der Waals surface area (Å²) in [5.41, 5.74) is 1.92. The van der Waals surface area contributed by atoms with Crippen molar-refractivity contribution in [2.45, 2.75) is 13.5 Å². The summed E-state index contributed by atoms with van der Waals surface area (Å²) in [5.74, 6) is 0. The van der Waals surface area contributed by atoms with Crippen LogP contribution >= 0.6 is 15.9 Å². The average Bonchev–Trinajstić information content (AvgIpc) is 2.67. The Balaban J connectivity index is 2.20. The van der Waals surface area contributed by atoms with Crippen molar-refractivity contribution in [1.29, 1.82) is 0 Å². The van der Waals surface area contributed by atoms with E-state index in [1.807, 2.05) is 14.0 Å². The van der Waals surface area contributed by atoms with E-state index in [2.05, 4.69) is 21.0 Å². The van der Waals surface area contributed by atoms with Gasteiger partial charge in [-0.2, -0.15) is 5.10 Å². The van der Waals surface area contributed by atoms with Crippen molar-refractivity contribution in [2.75, 3.05) is 13.2 Å². The standard InChI is InChI=1S/C9H12BrN3O2/c1-6-8(10)7(12(2)11-6)5-13-3-4-15-9(13)14/h3-5H2,1-2H3. The second-order valence-electron chi connectivity index (χ2n) is 3.51. The first-order chi connectivity index (χ1) is 7.09. The average molecular weight is 274 g/mol. The molecule has 5 nitrogen and oxygen atoms in total. The van der Waals surface area contributed by atoms with Crippen LogP contribution in [0.5, 0.6) is 0 Å². The van der Waals surface area contributed by atoms with Crippen molar-refractivity contribution in [2.24, 2.45) is 7.05 Å². The second-order valence-corrected chi connectivity index (χ2v) is 4.30. The Morgan fingerprint density at radius 3 is 2.80 bits per heavy atom. The van der Waals surface area contributed by atoms with Crippen LogP contribution in [0.1, 0.15) is 11.4 Å². The lowest BCUT2D eigenvalue weighted by Crippen LogP contribution is -2.25. The number of cyclic esters (lactones) is 1. The Bertz CT molecular complexity index is 402. The van der Waals surface area contributed by atoms with Crippen LogP contribution in [0.3, 0.4) is 0 Å². The van der Waals surface area contributed by atoms with Gasteiger partial charge in [-0.3, -0.25) is 9.58 Å². The molecule has 0 radical (unpaired) electrons. The smallest absolute Gasteiger partial charge is 0.410 e. The first-order valence-electron chi connectivity index (χ1n) is 4.69. The summed E-state index contributed by atoms with van der Waals surface area (Å²) >= 11 is 3.47. The van der Waals surface area contributed by atoms with Crippen LogP contribution in [0, 0.1) is 6.92 Å². The third kappa shape index (κ3) is 1.86. The predicted molar refractivity (Wildman–Crippen MR) is 57.4 cm³/mol. The number of aromatic nitrogens is 2. The third-order valence-electron chi connectivity index (χ3n) is 2.45. The van der Waals surface area contributed by atoms with E-state index in [9.17, 15) is 4.79 Å². The van der Waals surface area contributed by atoms with Gasteiger partial charge in [0, 0.05) is 7.05 Å². The lowest BCUT2D eigenvalue weighted by molar-refractivity contribution is 0.156. The van der Waals surface area contributed by atoms with Gasteiger partial charge in [0.25, 0.3) is 0 Å². The van der Waals surface area contributed by atoms with Gasteiger partial charge in [-0.1, -0.05) is 0 Å². The fourth-order valence-corrected chi connectivity index (χ4v) is 2.06. The zero-order valence-corrected chi connectivity index (χ0v) is 10.2. The number of hydrogen-bond donors (Lipinski definition) is 0. The van der Waals surface area contributed by atoms with E-state index in [0.29, 0.717) is 19.7 Å². The summed E-state index contributed by atoms with van der Waals surface area (Å²) < 4.78 is 7.61. The molecule has 2 rings (SSSR count). The number of nitrogens with zero attached hydrogens (tertiary/aromatic N) is 3. The molecule has 0 N–H and O–H groups in total. The van der Waals surface area contributed by atoms with E-state index >= 15 is 0 Å². The lowest BCUT2D eigenvalue weighted by Gasteiger charge is -2.12. The number of amides is 1. The number of ether oxygens (including phenoxy) is 1. The molecule has 0 saturated carbocycles. The zero-order valence-electron chi connectivity index (χ0n) is 8.66. The maximum Gasteiger partial charge on any atom is 0.410 e. The number of hydrogen-bond acceptors (Lipinski definition) is 3. The molecular weight excluding hydrogens is 262 g/mol. The quantitative estimate of drug-likeness (QED) is 0.820. The molecule has 0 unspecified atom stereocenters.